The number of imidazole rings is 1. The Morgan fingerprint density at radius 2 is 2.19 bits per heavy atom. The van der Waals surface area contributed by atoms with Crippen LogP contribution < -0.4 is 10.2 Å². The predicted octanol–water partition coefficient (Wildman–Crippen LogP) is 1.19. The monoisotopic (exact) mass is 291 g/mol. The summed E-state index contributed by atoms with van der Waals surface area (Å²) in [5.74, 6) is 1.27. The van der Waals surface area contributed by atoms with Gasteiger partial charge in [-0.1, -0.05) is 0 Å². The molecule has 0 saturated heterocycles. The van der Waals surface area contributed by atoms with Crippen molar-refractivity contribution in [2.45, 2.75) is 13.5 Å². The molecule has 0 saturated carbocycles. The molecular weight excluding hydrogens is 274 g/mol. The summed E-state index contributed by atoms with van der Waals surface area (Å²) in [7, 11) is 3.61. The molecule has 2 heterocycles. The van der Waals surface area contributed by atoms with Crippen LogP contribution in [0.4, 0.5) is 17.3 Å². The third-order valence-corrected chi connectivity index (χ3v) is 2.99. The van der Waals surface area contributed by atoms with E-state index in [4.69, 9.17) is 0 Å². The van der Waals surface area contributed by atoms with Crippen LogP contribution in [0.3, 0.4) is 0 Å². The summed E-state index contributed by atoms with van der Waals surface area (Å²) in [6.07, 6.45) is 4.82. The molecule has 0 amide bonds. The van der Waals surface area contributed by atoms with Crippen molar-refractivity contribution in [3.8, 4) is 0 Å². The summed E-state index contributed by atoms with van der Waals surface area (Å²) in [5.41, 5.74) is -0.129. The molecule has 1 N–H and O–H groups in total. The summed E-state index contributed by atoms with van der Waals surface area (Å²) in [4.78, 5) is 24.7. The highest BCUT2D eigenvalue weighted by Crippen LogP contribution is 2.31. The highest BCUT2D eigenvalue weighted by atomic mass is 16.6. The number of nitrogens with one attached hydrogen (secondary N) is 1. The molecule has 0 unspecified atom stereocenters. The summed E-state index contributed by atoms with van der Waals surface area (Å²) in [5, 5.41) is 14.2. The summed E-state index contributed by atoms with van der Waals surface area (Å²) < 4.78 is 1.86. The summed E-state index contributed by atoms with van der Waals surface area (Å²) in [6, 6.07) is 0. The number of anilines is 2. The first-order chi connectivity index (χ1) is 10.0. The van der Waals surface area contributed by atoms with Gasteiger partial charge in [0.1, 0.15) is 12.2 Å². The van der Waals surface area contributed by atoms with E-state index in [1.165, 1.54) is 6.33 Å². The molecule has 2 aromatic rings. The first kappa shape index (κ1) is 14.7. The van der Waals surface area contributed by atoms with E-state index in [1.54, 1.807) is 18.1 Å². The second kappa shape index (κ2) is 6.16. The molecule has 0 spiro atoms. The zero-order valence-electron chi connectivity index (χ0n) is 12.1. The van der Waals surface area contributed by atoms with E-state index < -0.39 is 4.92 Å². The number of rotatable bonds is 6. The minimum atomic E-state index is -0.470. The van der Waals surface area contributed by atoms with Crippen molar-refractivity contribution >= 4 is 17.3 Å². The predicted molar refractivity (Wildman–Crippen MR) is 78.2 cm³/mol. The zero-order chi connectivity index (χ0) is 15.4. The van der Waals surface area contributed by atoms with E-state index in [0.29, 0.717) is 13.1 Å². The topological polar surface area (TPSA) is 102 Å². The van der Waals surface area contributed by atoms with E-state index in [-0.39, 0.29) is 17.3 Å². The fraction of sp³-hybridized carbons (Fsp3) is 0.417. The van der Waals surface area contributed by atoms with Crippen molar-refractivity contribution in [2.75, 3.05) is 23.8 Å². The molecule has 0 aliphatic rings. The average Bonchev–Trinajstić information content (AvgIpc) is 2.84. The lowest BCUT2D eigenvalue weighted by Crippen LogP contribution is -2.22. The van der Waals surface area contributed by atoms with Gasteiger partial charge in [-0.05, 0) is 6.92 Å². The Morgan fingerprint density at radius 3 is 2.76 bits per heavy atom. The fourth-order valence-corrected chi connectivity index (χ4v) is 1.95. The van der Waals surface area contributed by atoms with Crippen LogP contribution in [-0.2, 0) is 13.6 Å². The van der Waals surface area contributed by atoms with Crippen molar-refractivity contribution in [1.29, 1.82) is 0 Å². The molecule has 2 rings (SSSR count). The van der Waals surface area contributed by atoms with Gasteiger partial charge in [-0.3, -0.25) is 10.1 Å². The first-order valence-electron chi connectivity index (χ1n) is 6.45. The molecule has 9 nitrogen and oxygen atoms in total. The Hall–Kier alpha value is -2.71. The Labute approximate surface area is 121 Å². The van der Waals surface area contributed by atoms with Gasteiger partial charge in [0.15, 0.2) is 0 Å². The second-order valence-corrected chi connectivity index (χ2v) is 4.49. The highest BCUT2D eigenvalue weighted by molar-refractivity contribution is 5.69. The molecule has 0 radical (unpaired) electrons. The van der Waals surface area contributed by atoms with E-state index >= 15 is 0 Å². The van der Waals surface area contributed by atoms with Crippen molar-refractivity contribution in [3.05, 3.63) is 34.7 Å². The van der Waals surface area contributed by atoms with Gasteiger partial charge in [0.25, 0.3) is 0 Å². The largest absolute Gasteiger partial charge is 0.364 e. The van der Waals surface area contributed by atoms with Crippen LogP contribution in [0.25, 0.3) is 0 Å². The molecule has 0 fully saturated rings. The molecule has 0 aliphatic carbocycles. The Morgan fingerprint density at radius 1 is 1.43 bits per heavy atom. The minimum absolute atomic E-state index is 0.129. The number of hydrogen-bond donors (Lipinski definition) is 1. The molecule has 0 atom stereocenters. The van der Waals surface area contributed by atoms with Crippen LogP contribution >= 0.6 is 0 Å². The molecule has 112 valence electrons. The van der Waals surface area contributed by atoms with Crippen molar-refractivity contribution < 1.29 is 4.92 Å². The number of aromatic nitrogens is 4. The third-order valence-electron chi connectivity index (χ3n) is 2.99. The number of hydrogen-bond acceptors (Lipinski definition) is 7. The van der Waals surface area contributed by atoms with Crippen LogP contribution in [-0.4, -0.2) is 38.0 Å². The van der Waals surface area contributed by atoms with Crippen molar-refractivity contribution in [3.63, 3.8) is 0 Å². The average molecular weight is 291 g/mol. The molecule has 0 aliphatic heterocycles. The lowest BCUT2D eigenvalue weighted by molar-refractivity contribution is -0.383. The first-order valence-corrected chi connectivity index (χ1v) is 6.45. The molecule has 0 aromatic carbocycles. The molecule has 9 heteroatoms. The summed E-state index contributed by atoms with van der Waals surface area (Å²) in [6.45, 7) is 2.80. The molecule has 0 bridgehead atoms. The maximum Gasteiger partial charge on any atom is 0.353 e. The van der Waals surface area contributed by atoms with E-state index in [2.05, 4.69) is 20.3 Å². The normalized spacial score (nSPS) is 10.4. The van der Waals surface area contributed by atoms with Crippen molar-refractivity contribution in [2.24, 2.45) is 7.05 Å². The van der Waals surface area contributed by atoms with Crippen LogP contribution in [0.5, 0.6) is 0 Å². The van der Waals surface area contributed by atoms with Crippen molar-refractivity contribution in [1.82, 2.24) is 19.5 Å². The van der Waals surface area contributed by atoms with Gasteiger partial charge < -0.3 is 14.8 Å². The Kier molecular flexibility index (Phi) is 4.31. The van der Waals surface area contributed by atoms with E-state index in [9.17, 15) is 10.1 Å². The Bertz CT molecular complexity index is 640. The number of aryl methyl sites for hydroxylation is 1. The smallest absolute Gasteiger partial charge is 0.353 e. The van der Waals surface area contributed by atoms with Gasteiger partial charge >= 0.3 is 5.69 Å². The van der Waals surface area contributed by atoms with Crippen LogP contribution in [0.15, 0.2) is 18.7 Å². The van der Waals surface area contributed by atoms with Crippen LogP contribution in [0.1, 0.15) is 12.7 Å². The molecule has 21 heavy (non-hydrogen) atoms. The van der Waals surface area contributed by atoms with Gasteiger partial charge in [0, 0.05) is 33.0 Å². The van der Waals surface area contributed by atoms with Gasteiger partial charge in [-0.25, -0.2) is 15.0 Å². The highest BCUT2D eigenvalue weighted by Gasteiger charge is 2.25. The third kappa shape index (κ3) is 3.07. The standard InChI is InChI=1S/C12H17N7O2/c1-4-13-11-10(19(20)21)12(16-8-15-11)18(3)7-9-14-5-6-17(9)2/h5-6,8H,4,7H2,1-3H3,(H,13,15,16). The molecular formula is C12H17N7O2. The lowest BCUT2D eigenvalue weighted by atomic mass is 10.3. The van der Waals surface area contributed by atoms with Gasteiger partial charge in [-0.15, -0.1) is 0 Å². The summed E-state index contributed by atoms with van der Waals surface area (Å²) >= 11 is 0. The second-order valence-electron chi connectivity index (χ2n) is 4.49. The minimum Gasteiger partial charge on any atom is -0.364 e. The van der Waals surface area contributed by atoms with E-state index in [1.807, 2.05) is 24.7 Å². The fourth-order valence-electron chi connectivity index (χ4n) is 1.95. The SMILES string of the molecule is CCNc1ncnc(N(C)Cc2nccn2C)c1[N+](=O)[O-]. The Balaban J connectivity index is 2.36. The maximum atomic E-state index is 11.3. The zero-order valence-corrected chi connectivity index (χ0v) is 12.1. The molecule has 2 aromatic heterocycles. The number of nitrogens with zero attached hydrogens (tertiary/aromatic N) is 6. The van der Waals surface area contributed by atoms with Gasteiger partial charge in [0.05, 0.1) is 11.5 Å². The maximum absolute atomic E-state index is 11.3. The quantitative estimate of drug-likeness (QED) is 0.630. The number of nitro groups is 1. The van der Waals surface area contributed by atoms with Crippen LogP contribution in [0, 0.1) is 10.1 Å². The lowest BCUT2D eigenvalue weighted by Gasteiger charge is -2.18. The van der Waals surface area contributed by atoms with Crippen LogP contribution in [0.2, 0.25) is 0 Å². The van der Waals surface area contributed by atoms with Gasteiger partial charge in [0.2, 0.25) is 11.6 Å². The van der Waals surface area contributed by atoms with E-state index in [0.717, 1.165) is 5.82 Å². The van der Waals surface area contributed by atoms with Gasteiger partial charge in [-0.2, -0.15) is 0 Å².